The van der Waals surface area contributed by atoms with Gasteiger partial charge in [0.2, 0.25) is 0 Å². The zero-order valence-electron chi connectivity index (χ0n) is 8.21. The lowest BCUT2D eigenvalue weighted by Gasteiger charge is -2.11. The van der Waals surface area contributed by atoms with Crippen molar-refractivity contribution in [1.82, 2.24) is 0 Å². The standard InChI is InChI=1S/C10H10N2O3/c1-8(13)7-10(14)12(11-15)9-5-3-2-4-6-9/h2-6H,7H2,1H3. The summed E-state index contributed by atoms with van der Waals surface area (Å²) in [6.07, 6.45) is -0.319. The van der Waals surface area contributed by atoms with E-state index >= 15 is 0 Å². The topological polar surface area (TPSA) is 66.8 Å². The minimum absolute atomic E-state index is 0.301. The van der Waals surface area contributed by atoms with Gasteiger partial charge >= 0.3 is 0 Å². The van der Waals surface area contributed by atoms with Crippen molar-refractivity contribution in [1.29, 1.82) is 0 Å². The Morgan fingerprint density at radius 1 is 1.27 bits per heavy atom. The fourth-order valence-electron chi connectivity index (χ4n) is 1.09. The predicted molar refractivity (Wildman–Crippen MR) is 55.0 cm³/mol. The molecule has 1 aromatic carbocycles. The molecule has 0 unspecified atom stereocenters. The van der Waals surface area contributed by atoms with Crippen LogP contribution in [0.25, 0.3) is 0 Å². The summed E-state index contributed by atoms with van der Waals surface area (Å²) in [5.74, 6) is -0.923. The van der Waals surface area contributed by atoms with E-state index < -0.39 is 5.91 Å². The van der Waals surface area contributed by atoms with E-state index in [-0.39, 0.29) is 12.2 Å². The Bertz CT molecular complexity index is 376. The molecule has 0 atom stereocenters. The number of rotatable bonds is 4. The monoisotopic (exact) mass is 206 g/mol. The van der Waals surface area contributed by atoms with Gasteiger partial charge in [0.15, 0.2) is 0 Å². The molecule has 5 nitrogen and oxygen atoms in total. The molecule has 1 aromatic rings. The Morgan fingerprint density at radius 3 is 2.33 bits per heavy atom. The zero-order valence-corrected chi connectivity index (χ0v) is 8.21. The second-order valence-corrected chi connectivity index (χ2v) is 3.00. The molecule has 0 aliphatic heterocycles. The van der Waals surface area contributed by atoms with E-state index in [9.17, 15) is 14.5 Å². The summed E-state index contributed by atoms with van der Waals surface area (Å²) in [6, 6.07) is 8.24. The van der Waals surface area contributed by atoms with Crippen LogP contribution in [0.2, 0.25) is 0 Å². The molecule has 0 aliphatic rings. The number of amides is 1. The first-order valence-corrected chi connectivity index (χ1v) is 4.36. The minimum Gasteiger partial charge on any atom is -0.299 e. The van der Waals surface area contributed by atoms with Gasteiger partial charge in [-0.3, -0.25) is 9.59 Å². The number of anilines is 1. The zero-order chi connectivity index (χ0) is 11.3. The SMILES string of the molecule is CC(=O)CC(=O)N(N=O)c1ccccc1. The number of para-hydroxylation sites is 1. The molecule has 0 spiro atoms. The Morgan fingerprint density at radius 2 is 1.87 bits per heavy atom. The van der Waals surface area contributed by atoms with Gasteiger partial charge < -0.3 is 0 Å². The molecule has 15 heavy (non-hydrogen) atoms. The van der Waals surface area contributed by atoms with Crippen LogP contribution in [-0.4, -0.2) is 11.7 Å². The Labute approximate surface area is 86.6 Å². The first-order chi connectivity index (χ1) is 7.15. The van der Waals surface area contributed by atoms with Crippen molar-refractivity contribution in [3.63, 3.8) is 0 Å². The quantitative estimate of drug-likeness (QED) is 0.427. The molecule has 0 fully saturated rings. The second-order valence-electron chi connectivity index (χ2n) is 3.00. The van der Waals surface area contributed by atoms with E-state index in [1.807, 2.05) is 0 Å². The van der Waals surface area contributed by atoms with Crippen LogP contribution in [-0.2, 0) is 9.59 Å². The summed E-state index contributed by atoms with van der Waals surface area (Å²) in [6.45, 7) is 1.28. The summed E-state index contributed by atoms with van der Waals surface area (Å²) in [5, 5.41) is 3.27. The number of nitrogens with zero attached hydrogens (tertiary/aromatic N) is 2. The number of nitroso groups, excluding NO2 is 1. The average Bonchev–Trinajstić information content (AvgIpc) is 2.19. The number of carbonyl (C=O) groups is 2. The highest BCUT2D eigenvalue weighted by molar-refractivity contribution is 6.04. The van der Waals surface area contributed by atoms with E-state index in [1.54, 1.807) is 30.3 Å². The lowest BCUT2D eigenvalue weighted by Crippen LogP contribution is -2.26. The molecule has 0 saturated carbocycles. The molecular weight excluding hydrogens is 196 g/mol. The van der Waals surface area contributed by atoms with Gasteiger partial charge in [-0.25, -0.2) is 0 Å². The van der Waals surface area contributed by atoms with Crippen LogP contribution in [0.15, 0.2) is 35.6 Å². The van der Waals surface area contributed by atoms with E-state index in [2.05, 4.69) is 5.29 Å². The molecule has 78 valence electrons. The lowest BCUT2D eigenvalue weighted by atomic mass is 10.2. The van der Waals surface area contributed by atoms with E-state index in [4.69, 9.17) is 0 Å². The van der Waals surface area contributed by atoms with Gasteiger partial charge in [0, 0.05) is 0 Å². The molecule has 1 rings (SSSR count). The summed E-state index contributed by atoms with van der Waals surface area (Å²) in [7, 11) is 0. The summed E-state index contributed by atoms with van der Waals surface area (Å²) in [4.78, 5) is 32.6. The summed E-state index contributed by atoms with van der Waals surface area (Å²) < 4.78 is 0. The first-order valence-electron chi connectivity index (χ1n) is 4.36. The number of carbonyl (C=O) groups excluding carboxylic acids is 2. The average molecular weight is 206 g/mol. The van der Waals surface area contributed by atoms with Crippen LogP contribution >= 0.6 is 0 Å². The van der Waals surface area contributed by atoms with Crippen molar-refractivity contribution >= 4 is 17.4 Å². The maximum absolute atomic E-state index is 11.4. The molecular formula is C10H10N2O3. The van der Waals surface area contributed by atoms with Gasteiger partial charge in [-0.05, 0) is 19.1 Å². The number of hydrogen-bond donors (Lipinski definition) is 0. The fourth-order valence-corrected chi connectivity index (χ4v) is 1.09. The summed E-state index contributed by atoms with van der Waals surface area (Å²) >= 11 is 0. The van der Waals surface area contributed by atoms with Crippen molar-refractivity contribution in [3.8, 4) is 0 Å². The minimum atomic E-state index is -0.622. The predicted octanol–water partition coefficient (Wildman–Crippen LogP) is 1.68. The number of ketones is 1. The third-order valence-electron chi connectivity index (χ3n) is 1.72. The molecule has 0 saturated heterocycles. The Hall–Kier alpha value is -2.04. The van der Waals surface area contributed by atoms with Crippen LogP contribution in [0.4, 0.5) is 5.69 Å². The van der Waals surface area contributed by atoms with Crippen LogP contribution in [0, 0.1) is 4.91 Å². The lowest BCUT2D eigenvalue weighted by molar-refractivity contribution is -0.125. The van der Waals surface area contributed by atoms with Gasteiger partial charge in [0.25, 0.3) is 5.91 Å². The highest BCUT2D eigenvalue weighted by Crippen LogP contribution is 2.14. The number of benzene rings is 1. The number of hydrogen-bond acceptors (Lipinski definition) is 4. The fraction of sp³-hybridized carbons (Fsp3) is 0.200. The molecule has 0 N–H and O–H groups in total. The van der Waals surface area contributed by atoms with Crippen molar-refractivity contribution in [3.05, 3.63) is 35.2 Å². The normalized spacial score (nSPS) is 9.40. The van der Waals surface area contributed by atoms with Crippen LogP contribution in [0.1, 0.15) is 13.3 Å². The van der Waals surface area contributed by atoms with Crippen LogP contribution in [0.5, 0.6) is 0 Å². The van der Waals surface area contributed by atoms with E-state index in [0.29, 0.717) is 10.7 Å². The van der Waals surface area contributed by atoms with E-state index in [1.165, 1.54) is 6.92 Å². The molecule has 0 radical (unpaired) electrons. The summed E-state index contributed by atoms with van der Waals surface area (Å²) in [5.41, 5.74) is 0.360. The second kappa shape index (κ2) is 4.99. The van der Waals surface area contributed by atoms with Gasteiger partial charge in [0.1, 0.15) is 5.78 Å². The Kier molecular flexibility index (Phi) is 3.68. The molecule has 1 amide bonds. The Balaban J connectivity index is 2.85. The number of Topliss-reactive ketones (excluding diaryl/α,β-unsaturated/α-hetero) is 1. The first kappa shape index (κ1) is 11.0. The van der Waals surface area contributed by atoms with Gasteiger partial charge in [-0.1, -0.05) is 18.2 Å². The largest absolute Gasteiger partial charge is 0.299 e. The van der Waals surface area contributed by atoms with Crippen molar-refractivity contribution < 1.29 is 9.59 Å². The third-order valence-corrected chi connectivity index (χ3v) is 1.72. The molecule has 0 bridgehead atoms. The van der Waals surface area contributed by atoms with Crippen LogP contribution < -0.4 is 5.01 Å². The van der Waals surface area contributed by atoms with Gasteiger partial charge in [-0.15, -0.1) is 4.91 Å². The molecule has 0 aliphatic carbocycles. The molecule has 0 aromatic heterocycles. The van der Waals surface area contributed by atoms with Crippen molar-refractivity contribution in [2.24, 2.45) is 5.29 Å². The third kappa shape index (κ3) is 2.98. The van der Waals surface area contributed by atoms with Gasteiger partial charge in [0.05, 0.1) is 17.4 Å². The van der Waals surface area contributed by atoms with E-state index in [0.717, 1.165) is 0 Å². The highest BCUT2D eigenvalue weighted by Gasteiger charge is 2.17. The molecule has 0 heterocycles. The maximum atomic E-state index is 11.4. The highest BCUT2D eigenvalue weighted by atomic mass is 16.3. The van der Waals surface area contributed by atoms with Gasteiger partial charge in [-0.2, -0.15) is 5.01 Å². The molecule has 5 heteroatoms. The maximum Gasteiger partial charge on any atom is 0.257 e. The van der Waals surface area contributed by atoms with Crippen molar-refractivity contribution in [2.75, 3.05) is 5.01 Å². The smallest absolute Gasteiger partial charge is 0.257 e. The van der Waals surface area contributed by atoms with Crippen LogP contribution in [0.3, 0.4) is 0 Å². The van der Waals surface area contributed by atoms with Crippen molar-refractivity contribution in [2.45, 2.75) is 13.3 Å².